The Morgan fingerprint density at radius 1 is 1.19 bits per heavy atom. The second-order valence-corrected chi connectivity index (χ2v) is 5.53. The summed E-state index contributed by atoms with van der Waals surface area (Å²) in [6.45, 7) is 0.322. The zero-order chi connectivity index (χ0) is 15.2. The highest BCUT2D eigenvalue weighted by molar-refractivity contribution is 9.10. The standard InChI is InChI=1S/C16H12BrClN2O/c17-14-9-4-8-13(15(14)18)16(21)20(11-5-10-19)12-6-2-1-3-7-12/h1-4,6-9H,5,11H2. The van der Waals surface area contributed by atoms with E-state index in [0.29, 0.717) is 21.6 Å². The number of carbonyl (C=O) groups excluding carboxylic acids is 1. The molecule has 0 aromatic heterocycles. The van der Waals surface area contributed by atoms with Crippen LogP contribution >= 0.6 is 27.5 Å². The van der Waals surface area contributed by atoms with Crippen LogP contribution in [-0.2, 0) is 0 Å². The molecule has 0 spiro atoms. The minimum atomic E-state index is -0.220. The quantitative estimate of drug-likeness (QED) is 0.792. The largest absolute Gasteiger partial charge is 0.307 e. The third kappa shape index (κ3) is 3.63. The van der Waals surface area contributed by atoms with Crippen LogP contribution in [0.25, 0.3) is 0 Å². The molecule has 0 atom stereocenters. The fraction of sp³-hybridized carbons (Fsp3) is 0.125. The number of amides is 1. The number of anilines is 1. The fourth-order valence-electron chi connectivity index (χ4n) is 1.93. The zero-order valence-electron chi connectivity index (χ0n) is 11.1. The highest BCUT2D eigenvalue weighted by atomic mass is 79.9. The summed E-state index contributed by atoms with van der Waals surface area (Å²) in [7, 11) is 0. The van der Waals surface area contributed by atoms with Gasteiger partial charge in [-0.1, -0.05) is 35.9 Å². The van der Waals surface area contributed by atoms with Crippen molar-refractivity contribution in [3.8, 4) is 6.07 Å². The normalized spacial score (nSPS) is 9.95. The summed E-state index contributed by atoms with van der Waals surface area (Å²) in [4.78, 5) is 14.3. The van der Waals surface area contributed by atoms with E-state index in [4.69, 9.17) is 16.9 Å². The monoisotopic (exact) mass is 362 g/mol. The van der Waals surface area contributed by atoms with Crippen molar-refractivity contribution in [1.82, 2.24) is 0 Å². The number of nitrogens with zero attached hydrogens (tertiary/aromatic N) is 2. The van der Waals surface area contributed by atoms with E-state index in [1.807, 2.05) is 30.3 Å². The second kappa shape index (κ2) is 7.26. The number of rotatable bonds is 4. The molecule has 0 radical (unpaired) electrons. The molecular weight excluding hydrogens is 352 g/mol. The highest BCUT2D eigenvalue weighted by Crippen LogP contribution is 2.28. The third-order valence-electron chi connectivity index (χ3n) is 2.94. The lowest BCUT2D eigenvalue weighted by Crippen LogP contribution is -2.32. The molecule has 0 N–H and O–H groups in total. The molecule has 21 heavy (non-hydrogen) atoms. The van der Waals surface area contributed by atoms with Crippen LogP contribution in [0.1, 0.15) is 16.8 Å². The minimum Gasteiger partial charge on any atom is -0.307 e. The van der Waals surface area contributed by atoms with Gasteiger partial charge in [0.05, 0.1) is 23.1 Å². The maximum absolute atomic E-state index is 12.7. The van der Waals surface area contributed by atoms with Crippen LogP contribution in [0.5, 0.6) is 0 Å². The van der Waals surface area contributed by atoms with Crippen molar-refractivity contribution in [3.63, 3.8) is 0 Å². The molecule has 2 aromatic carbocycles. The Balaban J connectivity index is 2.39. The second-order valence-electron chi connectivity index (χ2n) is 4.30. The summed E-state index contributed by atoms with van der Waals surface area (Å²) < 4.78 is 0.670. The van der Waals surface area contributed by atoms with Crippen LogP contribution in [0.2, 0.25) is 5.02 Å². The number of hydrogen-bond acceptors (Lipinski definition) is 2. The maximum atomic E-state index is 12.7. The Morgan fingerprint density at radius 2 is 1.90 bits per heavy atom. The van der Waals surface area contributed by atoms with Crippen molar-refractivity contribution in [2.45, 2.75) is 6.42 Å². The molecule has 1 amide bonds. The van der Waals surface area contributed by atoms with Gasteiger partial charge in [-0.3, -0.25) is 4.79 Å². The molecule has 0 aliphatic heterocycles. The average molecular weight is 364 g/mol. The van der Waals surface area contributed by atoms with Crippen molar-refractivity contribution in [2.75, 3.05) is 11.4 Å². The van der Waals surface area contributed by atoms with Crippen molar-refractivity contribution >= 4 is 39.1 Å². The van der Waals surface area contributed by atoms with Gasteiger partial charge >= 0.3 is 0 Å². The van der Waals surface area contributed by atoms with Gasteiger partial charge in [-0.2, -0.15) is 5.26 Å². The summed E-state index contributed by atoms with van der Waals surface area (Å²) in [6, 6.07) is 16.5. The molecule has 0 fully saturated rings. The van der Waals surface area contributed by atoms with Crippen LogP contribution in [0.15, 0.2) is 53.0 Å². The van der Waals surface area contributed by atoms with Crippen LogP contribution in [0.4, 0.5) is 5.69 Å². The molecule has 106 valence electrons. The van der Waals surface area contributed by atoms with E-state index in [0.717, 1.165) is 5.69 Å². The van der Waals surface area contributed by atoms with Crippen LogP contribution in [0, 0.1) is 11.3 Å². The summed E-state index contributed by atoms with van der Waals surface area (Å²) in [6.07, 6.45) is 0.256. The Morgan fingerprint density at radius 3 is 2.57 bits per heavy atom. The predicted octanol–water partition coefficient (Wildman–Crippen LogP) is 4.66. The number of hydrogen-bond donors (Lipinski definition) is 0. The Bertz CT molecular complexity index is 682. The van der Waals surface area contributed by atoms with Crippen molar-refractivity contribution < 1.29 is 4.79 Å². The molecule has 0 saturated heterocycles. The lowest BCUT2D eigenvalue weighted by Gasteiger charge is -2.22. The van der Waals surface area contributed by atoms with Gasteiger partial charge in [0.25, 0.3) is 5.91 Å². The molecule has 5 heteroatoms. The topological polar surface area (TPSA) is 44.1 Å². The molecule has 3 nitrogen and oxygen atoms in total. The maximum Gasteiger partial charge on any atom is 0.259 e. The smallest absolute Gasteiger partial charge is 0.259 e. The molecule has 0 aliphatic rings. The first-order valence-electron chi connectivity index (χ1n) is 6.33. The number of carbonyl (C=O) groups is 1. The van der Waals surface area contributed by atoms with E-state index in [2.05, 4.69) is 22.0 Å². The molecule has 0 unspecified atom stereocenters. The summed E-state index contributed by atoms with van der Waals surface area (Å²) in [5, 5.41) is 9.17. The van der Waals surface area contributed by atoms with E-state index in [1.165, 1.54) is 0 Å². The van der Waals surface area contributed by atoms with Gasteiger partial charge in [0.1, 0.15) is 0 Å². The predicted molar refractivity (Wildman–Crippen MR) is 87.5 cm³/mol. The van der Waals surface area contributed by atoms with Gasteiger partial charge in [-0.15, -0.1) is 0 Å². The molecule has 2 rings (SSSR count). The van der Waals surface area contributed by atoms with E-state index in [-0.39, 0.29) is 12.3 Å². The van der Waals surface area contributed by atoms with Gasteiger partial charge in [0.2, 0.25) is 0 Å². The molecule has 2 aromatic rings. The van der Waals surface area contributed by atoms with Crippen LogP contribution in [-0.4, -0.2) is 12.5 Å². The van der Waals surface area contributed by atoms with E-state index >= 15 is 0 Å². The number of halogens is 2. The van der Waals surface area contributed by atoms with Crippen molar-refractivity contribution in [3.05, 3.63) is 63.6 Å². The first kappa shape index (κ1) is 15.6. The average Bonchev–Trinajstić information content (AvgIpc) is 2.51. The number of para-hydroxylation sites is 1. The molecule has 0 bridgehead atoms. The van der Waals surface area contributed by atoms with Gasteiger partial charge in [0, 0.05) is 16.7 Å². The van der Waals surface area contributed by atoms with Gasteiger partial charge in [0.15, 0.2) is 0 Å². The molecular formula is C16H12BrClN2O. The number of benzene rings is 2. The summed E-state index contributed by atoms with van der Waals surface area (Å²) in [5.41, 5.74) is 1.15. The molecule has 0 heterocycles. The van der Waals surface area contributed by atoms with E-state index < -0.39 is 0 Å². The molecule has 0 aliphatic carbocycles. The van der Waals surface area contributed by atoms with Crippen molar-refractivity contribution in [1.29, 1.82) is 5.26 Å². The Hall–Kier alpha value is -1.83. The van der Waals surface area contributed by atoms with Gasteiger partial charge < -0.3 is 4.90 Å². The number of nitriles is 1. The zero-order valence-corrected chi connectivity index (χ0v) is 13.4. The summed E-state index contributed by atoms with van der Waals surface area (Å²) >= 11 is 9.51. The van der Waals surface area contributed by atoms with Gasteiger partial charge in [-0.25, -0.2) is 0 Å². The lowest BCUT2D eigenvalue weighted by molar-refractivity contribution is 0.0987. The Kier molecular flexibility index (Phi) is 5.38. The van der Waals surface area contributed by atoms with Crippen molar-refractivity contribution in [2.24, 2.45) is 0 Å². The fourth-order valence-corrected chi connectivity index (χ4v) is 2.51. The third-order valence-corrected chi connectivity index (χ3v) is 4.24. The first-order chi connectivity index (χ1) is 10.1. The van der Waals surface area contributed by atoms with Gasteiger partial charge in [-0.05, 0) is 40.2 Å². The lowest BCUT2D eigenvalue weighted by atomic mass is 10.1. The Labute approximate surface area is 136 Å². The van der Waals surface area contributed by atoms with E-state index in [9.17, 15) is 4.79 Å². The summed E-state index contributed by atoms with van der Waals surface area (Å²) in [5.74, 6) is -0.220. The highest BCUT2D eigenvalue weighted by Gasteiger charge is 2.20. The minimum absolute atomic E-state index is 0.220. The molecule has 0 saturated carbocycles. The van der Waals surface area contributed by atoms with Crippen LogP contribution in [0.3, 0.4) is 0 Å². The first-order valence-corrected chi connectivity index (χ1v) is 7.50. The SMILES string of the molecule is N#CCCN(C(=O)c1cccc(Br)c1Cl)c1ccccc1. The van der Waals surface area contributed by atoms with E-state index in [1.54, 1.807) is 23.1 Å². The van der Waals surface area contributed by atoms with Crippen LogP contribution < -0.4 is 4.90 Å².